The number of carbonyl (C=O) groups excluding carboxylic acids is 2. The second-order valence-electron chi connectivity index (χ2n) is 4.97. The Bertz CT molecular complexity index is 644. The zero-order valence-electron chi connectivity index (χ0n) is 13.5. The predicted molar refractivity (Wildman–Crippen MR) is 95.4 cm³/mol. The van der Waals surface area contributed by atoms with Gasteiger partial charge in [0.1, 0.15) is 0 Å². The van der Waals surface area contributed by atoms with Gasteiger partial charge in [0.05, 0.1) is 6.26 Å². The first kappa shape index (κ1) is 19.7. The summed E-state index contributed by atoms with van der Waals surface area (Å²) >= 11 is 0. The Morgan fingerprint density at radius 3 is 2.62 bits per heavy atom. The molecule has 0 unspecified atom stereocenters. The third-order valence-electron chi connectivity index (χ3n) is 3.24. The highest BCUT2D eigenvalue weighted by Crippen LogP contribution is 2.14. The molecule has 7 heteroatoms. The molecule has 2 rings (SSSR count). The fraction of sp³-hybridized carbons (Fsp3) is 0.294. The van der Waals surface area contributed by atoms with E-state index in [4.69, 9.17) is 4.42 Å². The first-order chi connectivity index (χ1) is 11.2. The average molecular weight is 352 g/mol. The lowest BCUT2D eigenvalue weighted by Gasteiger charge is -2.11. The normalized spacial score (nSPS) is 9.88. The van der Waals surface area contributed by atoms with Crippen molar-refractivity contribution in [3.8, 4) is 0 Å². The molecule has 3 N–H and O–H groups in total. The molecule has 0 spiro atoms. The molecule has 0 aliphatic carbocycles. The SMILES string of the molecule is CCNCc1ccccc1NC(=O)CCNC(=O)c1ccco1.Cl. The van der Waals surface area contributed by atoms with Crippen molar-refractivity contribution in [2.75, 3.05) is 18.4 Å². The smallest absolute Gasteiger partial charge is 0.286 e. The molecule has 0 atom stereocenters. The Labute approximate surface area is 147 Å². The number of furan rings is 1. The standard InChI is InChI=1S/C17H21N3O3.ClH/c1-2-18-12-13-6-3-4-7-14(13)20-16(21)9-10-19-17(22)15-8-5-11-23-15;/h3-8,11,18H,2,9-10,12H2,1H3,(H,19,22)(H,20,21);1H. The fourth-order valence-electron chi connectivity index (χ4n) is 2.05. The molecule has 2 aromatic rings. The maximum absolute atomic E-state index is 12.0. The Hall–Kier alpha value is -2.31. The number of amides is 2. The number of para-hydroxylation sites is 1. The van der Waals surface area contributed by atoms with E-state index in [1.165, 1.54) is 6.26 Å². The van der Waals surface area contributed by atoms with Gasteiger partial charge in [0.25, 0.3) is 5.91 Å². The van der Waals surface area contributed by atoms with Crippen LogP contribution in [-0.4, -0.2) is 24.9 Å². The highest BCUT2D eigenvalue weighted by atomic mass is 35.5. The van der Waals surface area contributed by atoms with Crippen molar-refractivity contribution >= 4 is 29.9 Å². The molecular formula is C17H22ClN3O3. The largest absolute Gasteiger partial charge is 0.459 e. The van der Waals surface area contributed by atoms with Gasteiger partial charge in [-0.3, -0.25) is 9.59 Å². The van der Waals surface area contributed by atoms with E-state index in [9.17, 15) is 9.59 Å². The van der Waals surface area contributed by atoms with Crippen LogP contribution in [0.3, 0.4) is 0 Å². The average Bonchev–Trinajstić information content (AvgIpc) is 3.08. The topological polar surface area (TPSA) is 83.4 Å². The van der Waals surface area contributed by atoms with Crippen molar-refractivity contribution in [1.82, 2.24) is 10.6 Å². The molecule has 130 valence electrons. The van der Waals surface area contributed by atoms with Gasteiger partial charge < -0.3 is 20.4 Å². The highest BCUT2D eigenvalue weighted by Gasteiger charge is 2.10. The zero-order valence-corrected chi connectivity index (χ0v) is 14.3. The molecule has 0 aliphatic heterocycles. The summed E-state index contributed by atoms with van der Waals surface area (Å²) < 4.78 is 4.98. The highest BCUT2D eigenvalue weighted by molar-refractivity contribution is 5.93. The number of halogens is 1. The maximum atomic E-state index is 12.0. The Kier molecular flexibility index (Phi) is 8.60. The Balaban J connectivity index is 0.00000288. The molecule has 1 heterocycles. The lowest BCUT2D eigenvalue weighted by atomic mass is 10.1. The summed E-state index contributed by atoms with van der Waals surface area (Å²) in [4.78, 5) is 23.7. The molecular weight excluding hydrogens is 330 g/mol. The second kappa shape index (κ2) is 10.5. The molecule has 0 fully saturated rings. The second-order valence-corrected chi connectivity index (χ2v) is 4.97. The summed E-state index contributed by atoms with van der Waals surface area (Å²) in [5, 5.41) is 8.75. The summed E-state index contributed by atoms with van der Waals surface area (Å²) in [6.07, 6.45) is 1.63. The van der Waals surface area contributed by atoms with Crippen LogP contribution in [0.25, 0.3) is 0 Å². The first-order valence-corrected chi connectivity index (χ1v) is 7.61. The van der Waals surface area contributed by atoms with Gasteiger partial charge >= 0.3 is 0 Å². The van der Waals surface area contributed by atoms with Crippen LogP contribution in [0.15, 0.2) is 47.1 Å². The first-order valence-electron chi connectivity index (χ1n) is 7.61. The third kappa shape index (κ3) is 6.06. The van der Waals surface area contributed by atoms with Gasteiger partial charge in [-0.2, -0.15) is 0 Å². The summed E-state index contributed by atoms with van der Waals surface area (Å²) in [7, 11) is 0. The minimum absolute atomic E-state index is 0. The van der Waals surface area contributed by atoms with Crippen molar-refractivity contribution in [2.45, 2.75) is 19.9 Å². The van der Waals surface area contributed by atoms with E-state index in [0.29, 0.717) is 6.54 Å². The van der Waals surface area contributed by atoms with Crippen LogP contribution in [0, 0.1) is 0 Å². The minimum atomic E-state index is -0.324. The Morgan fingerprint density at radius 1 is 1.12 bits per heavy atom. The number of hydrogen-bond donors (Lipinski definition) is 3. The van der Waals surface area contributed by atoms with Crippen LogP contribution >= 0.6 is 12.4 Å². The number of anilines is 1. The van der Waals surface area contributed by atoms with E-state index in [0.717, 1.165) is 17.8 Å². The fourth-order valence-corrected chi connectivity index (χ4v) is 2.05. The Morgan fingerprint density at radius 2 is 1.92 bits per heavy atom. The van der Waals surface area contributed by atoms with Crippen LogP contribution in [0.1, 0.15) is 29.5 Å². The van der Waals surface area contributed by atoms with E-state index >= 15 is 0 Å². The molecule has 6 nitrogen and oxygen atoms in total. The quantitative estimate of drug-likeness (QED) is 0.682. The van der Waals surface area contributed by atoms with Crippen molar-refractivity contribution in [2.24, 2.45) is 0 Å². The molecule has 0 saturated carbocycles. The van der Waals surface area contributed by atoms with Gasteiger partial charge in [0, 0.05) is 25.2 Å². The van der Waals surface area contributed by atoms with Gasteiger partial charge in [0.15, 0.2) is 5.76 Å². The van der Waals surface area contributed by atoms with Crippen LogP contribution in [0.5, 0.6) is 0 Å². The molecule has 1 aromatic carbocycles. The van der Waals surface area contributed by atoms with E-state index in [-0.39, 0.29) is 42.9 Å². The summed E-state index contributed by atoms with van der Waals surface area (Å²) in [5.41, 5.74) is 1.82. The minimum Gasteiger partial charge on any atom is -0.459 e. The monoisotopic (exact) mass is 351 g/mol. The predicted octanol–water partition coefficient (Wildman–Crippen LogP) is 2.57. The number of hydrogen-bond acceptors (Lipinski definition) is 4. The van der Waals surface area contributed by atoms with Gasteiger partial charge in [-0.1, -0.05) is 25.1 Å². The zero-order chi connectivity index (χ0) is 16.5. The number of rotatable bonds is 8. The molecule has 0 saturated heterocycles. The molecule has 0 radical (unpaired) electrons. The van der Waals surface area contributed by atoms with Crippen molar-refractivity contribution < 1.29 is 14.0 Å². The van der Waals surface area contributed by atoms with Gasteiger partial charge in [-0.05, 0) is 30.3 Å². The lowest BCUT2D eigenvalue weighted by Crippen LogP contribution is -2.27. The number of benzene rings is 1. The van der Waals surface area contributed by atoms with E-state index in [1.807, 2.05) is 31.2 Å². The van der Waals surface area contributed by atoms with Crippen molar-refractivity contribution in [3.63, 3.8) is 0 Å². The summed E-state index contributed by atoms with van der Waals surface area (Å²) in [5.74, 6) is -0.231. The molecule has 24 heavy (non-hydrogen) atoms. The summed E-state index contributed by atoms with van der Waals surface area (Å²) in [6.45, 7) is 3.84. The van der Waals surface area contributed by atoms with Crippen LogP contribution < -0.4 is 16.0 Å². The number of nitrogens with one attached hydrogen (secondary N) is 3. The molecule has 2 amide bonds. The van der Waals surface area contributed by atoms with Crippen molar-refractivity contribution in [1.29, 1.82) is 0 Å². The van der Waals surface area contributed by atoms with Crippen LogP contribution in [0.4, 0.5) is 5.69 Å². The summed E-state index contributed by atoms with van der Waals surface area (Å²) in [6, 6.07) is 10.9. The van der Waals surface area contributed by atoms with Gasteiger partial charge in [-0.15, -0.1) is 12.4 Å². The van der Waals surface area contributed by atoms with E-state index in [2.05, 4.69) is 16.0 Å². The van der Waals surface area contributed by atoms with Crippen LogP contribution in [0.2, 0.25) is 0 Å². The van der Waals surface area contributed by atoms with E-state index in [1.54, 1.807) is 12.1 Å². The molecule has 1 aromatic heterocycles. The third-order valence-corrected chi connectivity index (χ3v) is 3.24. The number of carbonyl (C=O) groups is 2. The molecule has 0 aliphatic rings. The van der Waals surface area contributed by atoms with Crippen molar-refractivity contribution in [3.05, 3.63) is 54.0 Å². The van der Waals surface area contributed by atoms with Gasteiger partial charge in [-0.25, -0.2) is 0 Å². The maximum Gasteiger partial charge on any atom is 0.286 e. The molecule has 0 bridgehead atoms. The lowest BCUT2D eigenvalue weighted by molar-refractivity contribution is -0.116. The van der Waals surface area contributed by atoms with Gasteiger partial charge in [0.2, 0.25) is 5.91 Å². The van der Waals surface area contributed by atoms with E-state index < -0.39 is 0 Å². The van der Waals surface area contributed by atoms with Crippen LogP contribution in [-0.2, 0) is 11.3 Å².